The van der Waals surface area contributed by atoms with Crippen LogP contribution in [0.2, 0.25) is 5.02 Å². The quantitative estimate of drug-likeness (QED) is 0.465. The number of anilines is 1. The molecule has 0 amide bonds. The molecule has 1 heterocycles. The Morgan fingerprint density at radius 1 is 1.03 bits per heavy atom. The number of rotatable bonds is 8. The zero-order valence-electron chi connectivity index (χ0n) is 18.6. The van der Waals surface area contributed by atoms with Crippen LogP contribution in [0.5, 0.6) is 0 Å². The number of aryl methyl sites for hydroxylation is 1. The van der Waals surface area contributed by atoms with Crippen molar-refractivity contribution < 1.29 is 0 Å². The van der Waals surface area contributed by atoms with E-state index in [1.807, 2.05) is 12.1 Å². The van der Waals surface area contributed by atoms with Crippen LogP contribution in [0.25, 0.3) is 0 Å². The van der Waals surface area contributed by atoms with Gasteiger partial charge in [-0.3, -0.25) is 0 Å². The van der Waals surface area contributed by atoms with E-state index in [1.54, 1.807) is 0 Å². The fraction of sp³-hybridized carbons (Fsp3) is 0.538. The van der Waals surface area contributed by atoms with Crippen LogP contribution in [0.4, 0.5) is 5.69 Å². The third-order valence-electron chi connectivity index (χ3n) is 6.34. The Bertz CT molecular complexity index is 780. The fourth-order valence-electron chi connectivity index (χ4n) is 4.66. The van der Waals surface area contributed by atoms with Crippen LogP contribution >= 0.6 is 11.6 Å². The maximum atomic E-state index is 6.14. The molecule has 2 aromatic rings. The second kappa shape index (κ2) is 10.5. The van der Waals surface area contributed by atoms with E-state index in [4.69, 9.17) is 11.6 Å². The number of benzene rings is 2. The molecule has 1 unspecified atom stereocenters. The van der Waals surface area contributed by atoms with Crippen molar-refractivity contribution in [3.05, 3.63) is 64.2 Å². The maximum Gasteiger partial charge on any atom is 0.0409 e. The lowest BCUT2D eigenvalue weighted by Crippen LogP contribution is -2.29. The zero-order valence-corrected chi connectivity index (χ0v) is 19.4. The first-order valence-corrected chi connectivity index (χ1v) is 11.6. The monoisotopic (exact) mass is 412 g/mol. The number of piperidine rings is 1. The lowest BCUT2D eigenvalue weighted by Gasteiger charge is -2.31. The molecule has 1 aliphatic heterocycles. The molecular weight excluding hydrogens is 376 g/mol. The number of hydrogen-bond acceptors (Lipinski definition) is 2. The normalized spacial score (nSPS) is 15.9. The van der Waals surface area contributed by atoms with E-state index in [-0.39, 0.29) is 0 Å². The van der Waals surface area contributed by atoms with Gasteiger partial charge in [0.15, 0.2) is 0 Å². The molecule has 1 aliphatic rings. The smallest absolute Gasteiger partial charge is 0.0409 e. The number of halogens is 1. The van der Waals surface area contributed by atoms with Gasteiger partial charge >= 0.3 is 0 Å². The highest BCUT2D eigenvalue weighted by molar-refractivity contribution is 6.30. The summed E-state index contributed by atoms with van der Waals surface area (Å²) in [5, 5.41) is 0.820. The van der Waals surface area contributed by atoms with E-state index in [1.165, 1.54) is 61.2 Å². The van der Waals surface area contributed by atoms with E-state index in [9.17, 15) is 0 Å². The molecule has 0 radical (unpaired) electrons. The van der Waals surface area contributed by atoms with Gasteiger partial charge in [0.2, 0.25) is 0 Å². The lowest BCUT2D eigenvalue weighted by molar-refractivity contribution is 0.296. The number of hydrogen-bond donors (Lipinski definition) is 0. The molecule has 0 bridgehead atoms. The highest BCUT2D eigenvalue weighted by atomic mass is 35.5. The van der Waals surface area contributed by atoms with Gasteiger partial charge in [-0.25, -0.2) is 0 Å². The van der Waals surface area contributed by atoms with E-state index < -0.39 is 0 Å². The van der Waals surface area contributed by atoms with Crippen LogP contribution in [-0.4, -0.2) is 31.6 Å². The summed E-state index contributed by atoms with van der Waals surface area (Å²) < 4.78 is 0. The van der Waals surface area contributed by atoms with Crippen LogP contribution in [0.1, 0.15) is 62.1 Å². The van der Waals surface area contributed by atoms with Crippen molar-refractivity contribution in [2.24, 2.45) is 5.92 Å². The van der Waals surface area contributed by atoms with Gasteiger partial charge in [0.05, 0.1) is 0 Å². The van der Waals surface area contributed by atoms with Crippen LogP contribution in [0.15, 0.2) is 42.5 Å². The van der Waals surface area contributed by atoms with Gasteiger partial charge in [-0.05, 0) is 99.0 Å². The maximum absolute atomic E-state index is 6.14. The third-order valence-corrected chi connectivity index (χ3v) is 6.58. The first-order chi connectivity index (χ1) is 13.9. The third kappa shape index (κ3) is 6.23. The van der Waals surface area contributed by atoms with E-state index in [2.05, 4.69) is 68.0 Å². The highest BCUT2D eigenvalue weighted by Gasteiger charge is 2.20. The highest BCUT2D eigenvalue weighted by Crippen LogP contribution is 2.33. The molecule has 2 aromatic carbocycles. The van der Waals surface area contributed by atoms with Crippen molar-refractivity contribution in [3.63, 3.8) is 0 Å². The van der Waals surface area contributed by atoms with E-state index in [0.717, 1.165) is 18.1 Å². The fourth-order valence-corrected chi connectivity index (χ4v) is 4.87. The standard InChI is InChI=1S/C26H37ClN2/c1-20(2)25(13-16-28(4)19-22-9-8-10-23(27)18-22)26-12-11-24(17-21(26)3)29-14-6-5-7-15-29/h8-12,17-18,20,25H,5-7,13-16,19H2,1-4H3. The van der Waals surface area contributed by atoms with E-state index in [0.29, 0.717) is 11.8 Å². The minimum atomic E-state index is 0.590. The van der Waals surface area contributed by atoms with Gasteiger partial charge in [0, 0.05) is 30.3 Å². The molecule has 158 valence electrons. The van der Waals surface area contributed by atoms with Gasteiger partial charge in [-0.1, -0.05) is 43.6 Å². The van der Waals surface area contributed by atoms with Crippen LogP contribution in [-0.2, 0) is 6.54 Å². The topological polar surface area (TPSA) is 6.48 Å². The molecule has 0 spiro atoms. The summed E-state index contributed by atoms with van der Waals surface area (Å²) in [6, 6.07) is 15.4. The molecule has 29 heavy (non-hydrogen) atoms. The van der Waals surface area contributed by atoms with Crippen molar-refractivity contribution in [1.82, 2.24) is 4.90 Å². The summed E-state index contributed by atoms with van der Waals surface area (Å²) >= 11 is 6.14. The van der Waals surface area contributed by atoms with Crippen molar-refractivity contribution in [2.45, 2.75) is 58.9 Å². The molecule has 3 heteroatoms. The predicted molar refractivity (Wildman–Crippen MR) is 127 cm³/mol. The summed E-state index contributed by atoms with van der Waals surface area (Å²) in [4.78, 5) is 4.97. The average molecular weight is 413 g/mol. The molecule has 2 nitrogen and oxygen atoms in total. The summed E-state index contributed by atoms with van der Waals surface area (Å²) in [6.07, 6.45) is 5.22. The molecule has 0 saturated carbocycles. The molecule has 0 N–H and O–H groups in total. The van der Waals surface area contributed by atoms with E-state index >= 15 is 0 Å². The summed E-state index contributed by atoms with van der Waals surface area (Å²) in [5.41, 5.74) is 5.66. The first-order valence-electron chi connectivity index (χ1n) is 11.2. The van der Waals surface area contributed by atoms with Gasteiger partial charge in [-0.2, -0.15) is 0 Å². The number of nitrogens with zero attached hydrogens (tertiary/aromatic N) is 2. The molecule has 0 aromatic heterocycles. The summed E-state index contributed by atoms with van der Waals surface area (Å²) in [6.45, 7) is 11.5. The van der Waals surface area contributed by atoms with Crippen LogP contribution < -0.4 is 4.90 Å². The molecular formula is C26H37ClN2. The van der Waals surface area contributed by atoms with Crippen LogP contribution in [0.3, 0.4) is 0 Å². The Morgan fingerprint density at radius 2 is 1.79 bits per heavy atom. The Hall–Kier alpha value is -1.51. The SMILES string of the molecule is Cc1cc(N2CCCCC2)ccc1C(CCN(C)Cc1cccc(Cl)c1)C(C)C. The molecule has 1 saturated heterocycles. The Labute approximate surface area is 182 Å². The summed E-state index contributed by atoms with van der Waals surface area (Å²) in [7, 11) is 2.21. The largest absolute Gasteiger partial charge is 0.372 e. The zero-order chi connectivity index (χ0) is 20.8. The Balaban J connectivity index is 1.64. The molecule has 1 fully saturated rings. The van der Waals surface area contributed by atoms with Gasteiger partial charge in [-0.15, -0.1) is 0 Å². The average Bonchev–Trinajstić information content (AvgIpc) is 2.69. The minimum Gasteiger partial charge on any atom is -0.372 e. The predicted octanol–water partition coefficient (Wildman–Crippen LogP) is 6.90. The van der Waals surface area contributed by atoms with Gasteiger partial charge in [0.1, 0.15) is 0 Å². The molecule has 0 aliphatic carbocycles. The summed E-state index contributed by atoms with van der Waals surface area (Å²) in [5.74, 6) is 1.22. The first kappa shape index (κ1) is 22.2. The Morgan fingerprint density at radius 3 is 2.45 bits per heavy atom. The van der Waals surface area contributed by atoms with Crippen LogP contribution in [0, 0.1) is 12.8 Å². The Kier molecular flexibility index (Phi) is 8.03. The van der Waals surface area contributed by atoms with Crippen molar-refractivity contribution in [2.75, 3.05) is 31.6 Å². The van der Waals surface area contributed by atoms with Crippen molar-refractivity contribution in [3.8, 4) is 0 Å². The van der Waals surface area contributed by atoms with Gasteiger partial charge in [0.25, 0.3) is 0 Å². The second-order valence-corrected chi connectivity index (χ2v) is 9.53. The lowest BCUT2D eigenvalue weighted by atomic mass is 9.83. The van der Waals surface area contributed by atoms with Crippen molar-refractivity contribution in [1.29, 1.82) is 0 Å². The minimum absolute atomic E-state index is 0.590. The molecule has 1 atom stereocenters. The van der Waals surface area contributed by atoms with Gasteiger partial charge < -0.3 is 9.80 Å². The molecule has 3 rings (SSSR count). The second-order valence-electron chi connectivity index (χ2n) is 9.10. The van der Waals surface area contributed by atoms with Crippen molar-refractivity contribution >= 4 is 17.3 Å².